The summed E-state index contributed by atoms with van der Waals surface area (Å²) in [4.78, 5) is 6.67. The van der Waals surface area contributed by atoms with E-state index in [9.17, 15) is 15.3 Å². The molecule has 0 unspecified atom stereocenters. The van der Waals surface area contributed by atoms with E-state index in [1.165, 1.54) is 0 Å². The molecule has 0 radical (unpaired) electrons. The van der Waals surface area contributed by atoms with Crippen LogP contribution in [0.4, 0.5) is 0 Å². The molecule has 0 amide bonds. The second-order valence-electron chi connectivity index (χ2n) is 6.55. The number of H-pyrrole nitrogens is 2. The van der Waals surface area contributed by atoms with Crippen LogP contribution in [-0.4, -0.2) is 44.6 Å². The molecule has 134 valence electrons. The Morgan fingerprint density at radius 2 is 1.58 bits per heavy atom. The molecule has 0 aliphatic carbocycles. The summed E-state index contributed by atoms with van der Waals surface area (Å²) in [7, 11) is 0. The number of aliphatic hydroxyl groups excluding tert-OH is 3. The summed E-state index contributed by atoms with van der Waals surface area (Å²) in [5.41, 5.74) is 4.68. The highest BCUT2D eigenvalue weighted by Gasteiger charge is 2.29. The van der Waals surface area contributed by atoms with Gasteiger partial charge in [-0.05, 0) is 29.7 Å². The number of para-hydroxylation sites is 2. The monoisotopic (exact) mass is 350 g/mol. The lowest BCUT2D eigenvalue weighted by atomic mass is 9.87. The van der Waals surface area contributed by atoms with Crippen molar-refractivity contribution in [3.05, 3.63) is 71.5 Å². The average Bonchev–Trinajstić information content (AvgIpc) is 3.25. The maximum absolute atomic E-state index is 10.7. The Morgan fingerprint density at radius 3 is 2.31 bits per heavy atom. The third kappa shape index (κ3) is 2.70. The zero-order valence-electron chi connectivity index (χ0n) is 14.3. The van der Waals surface area contributed by atoms with Crippen molar-refractivity contribution in [3.8, 4) is 0 Å². The van der Waals surface area contributed by atoms with Crippen LogP contribution in [0.2, 0.25) is 0 Å². The summed E-state index contributed by atoms with van der Waals surface area (Å²) < 4.78 is 0. The fourth-order valence-corrected chi connectivity index (χ4v) is 3.88. The SMILES string of the molecule is OCCc1c([C@H](c2c[nH]c3ccccc23)[C@H](O)CO)[nH]c2ccccc12. The Kier molecular flexibility index (Phi) is 4.51. The first-order chi connectivity index (χ1) is 12.7. The molecule has 0 bridgehead atoms. The summed E-state index contributed by atoms with van der Waals surface area (Å²) in [6.45, 7) is -0.331. The van der Waals surface area contributed by atoms with Crippen molar-refractivity contribution in [1.82, 2.24) is 9.97 Å². The largest absolute Gasteiger partial charge is 0.396 e. The van der Waals surface area contributed by atoms with Gasteiger partial charge in [0.1, 0.15) is 0 Å². The van der Waals surface area contributed by atoms with Crippen LogP contribution in [0, 0.1) is 0 Å². The summed E-state index contributed by atoms with van der Waals surface area (Å²) >= 11 is 0. The van der Waals surface area contributed by atoms with Crippen LogP contribution in [-0.2, 0) is 6.42 Å². The van der Waals surface area contributed by atoms with Crippen LogP contribution in [0.5, 0.6) is 0 Å². The molecule has 26 heavy (non-hydrogen) atoms. The molecule has 4 rings (SSSR count). The van der Waals surface area contributed by atoms with Gasteiger partial charge >= 0.3 is 0 Å². The molecule has 2 heterocycles. The third-order valence-electron chi connectivity index (χ3n) is 5.05. The average molecular weight is 350 g/mol. The van der Waals surface area contributed by atoms with Gasteiger partial charge in [0.25, 0.3) is 0 Å². The second kappa shape index (κ2) is 6.96. The van der Waals surface area contributed by atoms with Gasteiger partial charge in [-0.2, -0.15) is 0 Å². The van der Waals surface area contributed by atoms with E-state index in [0.29, 0.717) is 6.42 Å². The van der Waals surface area contributed by atoms with E-state index >= 15 is 0 Å². The minimum atomic E-state index is -0.959. The molecule has 0 fully saturated rings. The highest BCUT2D eigenvalue weighted by molar-refractivity contribution is 5.87. The Labute approximate surface area is 150 Å². The predicted molar refractivity (Wildman–Crippen MR) is 102 cm³/mol. The van der Waals surface area contributed by atoms with Gasteiger partial charge in [-0.1, -0.05) is 36.4 Å². The van der Waals surface area contributed by atoms with Gasteiger partial charge in [-0.15, -0.1) is 0 Å². The molecule has 2 aromatic heterocycles. The summed E-state index contributed by atoms with van der Waals surface area (Å²) in [6.07, 6.45) is 1.42. The van der Waals surface area contributed by atoms with Crippen LogP contribution >= 0.6 is 0 Å². The third-order valence-corrected chi connectivity index (χ3v) is 5.05. The Morgan fingerprint density at radius 1 is 0.885 bits per heavy atom. The number of fused-ring (bicyclic) bond motifs is 2. The minimum absolute atomic E-state index is 0.0185. The van der Waals surface area contributed by atoms with Crippen molar-refractivity contribution >= 4 is 21.8 Å². The number of rotatable bonds is 6. The van der Waals surface area contributed by atoms with Crippen molar-refractivity contribution in [2.45, 2.75) is 18.4 Å². The first kappa shape index (κ1) is 16.8. The number of aromatic nitrogens is 2. The van der Waals surface area contributed by atoms with Gasteiger partial charge in [0.05, 0.1) is 18.6 Å². The Bertz CT molecular complexity index is 1030. The van der Waals surface area contributed by atoms with Gasteiger partial charge in [0.15, 0.2) is 0 Å². The van der Waals surface area contributed by atoms with E-state index in [-0.39, 0.29) is 13.2 Å². The normalized spacial score (nSPS) is 14.1. The van der Waals surface area contributed by atoms with Crippen molar-refractivity contribution in [3.63, 3.8) is 0 Å². The molecular weight excluding hydrogens is 328 g/mol. The van der Waals surface area contributed by atoms with E-state index in [1.807, 2.05) is 54.7 Å². The van der Waals surface area contributed by atoms with E-state index < -0.39 is 12.0 Å². The van der Waals surface area contributed by atoms with Gasteiger partial charge in [0, 0.05) is 40.3 Å². The summed E-state index contributed by atoms with van der Waals surface area (Å²) in [5, 5.41) is 32.0. The number of benzene rings is 2. The van der Waals surface area contributed by atoms with Crippen molar-refractivity contribution in [2.24, 2.45) is 0 Å². The van der Waals surface area contributed by atoms with Crippen LogP contribution in [0.1, 0.15) is 22.7 Å². The molecule has 5 nitrogen and oxygen atoms in total. The molecule has 5 heteroatoms. The Hall–Kier alpha value is -2.60. The lowest BCUT2D eigenvalue weighted by molar-refractivity contribution is 0.0816. The van der Waals surface area contributed by atoms with Gasteiger partial charge in [-0.3, -0.25) is 0 Å². The van der Waals surface area contributed by atoms with Gasteiger partial charge in [-0.25, -0.2) is 0 Å². The number of hydrogen-bond acceptors (Lipinski definition) is 3. The molecule has 4 aromatic rings. The highest BCUT2D eigenvalue weighted by atomic mass is 16.3. The first-order valence-corrected chi connectivity index (χ1v) is 8.80. The fraction of sp³-hybridized carbons (Fsp3) is 0.238. The summed E-state index contributed by atoms with van der Waals surface area (Å²) in [5.74, 6) is -0.426. The zero-order valence-corrected chi connectivity index (χ0v) is 14.3. The van der Waals surface area contributed by atoms with Crippen molar-refractivity contribution in [2.75, 3.05) is 13.2 Å². The molecule has 0 aliphatic heterocycles. The van der Waals surface area contributed by atoms with E-state index in [4.69, 9.17) is 0 Å². The smallest absolute Gasteiger partial charge is 0.0895 e. The maximum Gasteiger partial charge on any atom is 0.0895 e. The van der Waals surface area contributed by atoms with Crippen LogP contribution in [0.25, 0.3) is 21.8 Å². The highest BCUT2D eigenvalue weighted by Crippen LogP contribution is 2.37. The molecule has 0 saturated carbocycles. The minimum Gasteiger partial charge on any atom is -0.396 e. The molecule has 0 aliphatic rings. The standard InChI is InChI=1S/C21H22N2O3/c24-10-9-15-13-5-2-4-8-18(13)23-21(15)20(19(26)12-25)16-11-22-17-7-3-1-6-14(16)17/h1-8,11,19-20,22-26H,9-10,12H2/t19-,20-/m1/s1. The Balaban J connectivity index is 1.96. The molecular formula is C21H22N2O3. The predicted octanol–water partition coefficient (Wildman–Crippen LogP) is 2.67. The van der Waals surface area contributed by atoms with Gasteiger partial charge in [0.2, 0.25) is 0 Å². The fourth-order valence-electron chi connectivity index (χ4n) is 3.88. The molecule has 5 N–H and O–H groups in total. The van der Waals surface area contributed by atoms with Crippen LogP contribution < -0.4 is 0 Å². The molecule has 2 atom stereocenters. The summed E-state index contributed by atoms with van der Waals surface area (Å²) in [6, 6.07) is 15.8. The number of aromatic amines is 2. The molecule has 0 saturated heterocycles. The van der Waals surface area contributed by atoms with E-state index in [2.05, 4.69) is 9.97 Å². The molecule has 0 spiro atoms. The number of aliphatic hydroxyl groups is 3. The van der Waals surface area contributed by atoms with Crippen molar-refractivity contribution in [1.29, 1.82) is 0 Å². The molecule has 2 aromatic carbocycles. The second-order valence-corrected chi connectivity index (χ2v) is 6.55. The maximum atomic E-state index is 10.7. The van der Waals surface area contributed by atoms with E-state index in [0.717, 1.165) is 38.6 Å². The van der Waals surface area contributed by atoms with Crippen molar-refractivity contribution < 1.29 is 15.3 Å². The van der Waals surface area contributed by atoms with Crippen LogP contribution in [0.15, 0.2) is 54.7 Å². The number of nitrogens with one attached hydrogen (secondary N) is 2. The first-order valence-electron chi connectivity index (χ1n) is 8.80. The lowest BCUT2D eigenvalue weighted by Crippen LogP contribution is -2.24. The number of hydrogen-bond donors (Lipinski definition) is 5. The zero-order chi connectivity index (χ0) is 18.1. The van der Waals surface area contributed by atoms with Gasteiger partial charge < -0.3 is 25.3 Å². The lowest BCUT2D eigenvalue weighted by Gasteiger charge is -2.22. The quantitative estimate of drug-likeness (QED) is 0.370. The topological polar surface area (TPSA) is 92.3 Å². The van der Waals surface area contributed by atoms with E-state index in [1.54, 1.807) is 0 Å². The van der Waals surface area contributed by atoms with Crippen LogP contribution in [0.3, 0.4) is 0 Å².